The Bertz CT molecular complexity index is 1010. The largest absolute Gasteiger partial charge is 0.494 e. The van der Waals surface area contributed by atoms with Gasteiger partial charge in [0.05, 0.1) is 18.5 Å². The monoisotopic (exact) mass is 371 g/mol. The molecule has 0 saturated heterocycles. The fourth-order valence-corrected chi connectivity index (χ4v) is 3.30. The molecule has 6 heteroatoms. The van der Waals surface area contributed by atoms with Crippen LogP contribution in [0.2, 0.25) is 5.02 Å². The van der Waals surface area contributed by atoms with Gasteiger partial charge in [0, 0.05) is 21.7 Å². The normalized spacial score (nSPS) is 10.9. The van der Waals surface area contributed by atoms with Crippen LogP contribution in [0, 0.1) is 6.92 Å². The minimum atomic E-state index is -0.954. The second-order valence-electron chi connectivity index (χ2n) is 5.90. The van der Waals surface area contributed by atoms with Gasteiger partial charge in [-0.2, -0.15) is 0 Å². The summed E-state index contributed by atoms with van der Waals surface area (Å²) in [5, 5.41) is 10.4. The molecule has 0 amide bonds. The number of aromatic nitrogens is 1. The smallest absolute Gasteiger partial charge is 0.307 e. The van der Waals surface area contributed by atoms with Gasteiger partial charge in [0.15, 0.2) is 0 Å². The Morgan fingerprint density at radius 2 is 1.96 bits per heavy atom. The Balaban J connectivity index is 2.23. The van der Waals surface area contributed by atoms with Crippen LogP contribution in [0.4, 0.5) is 0 Å². The summed E-state index contributed by atoms with van der Waals surface area (Å²) >= 11 is 6.01. The van der Waals surface area contributed by atoms with E-state index in [1.54, 1.807) is 49.4 Å². The lowest BCUT2D eigenvalue weighted by molar-refractivity contribution is -0.136. The fraction of sp³-hybridized carbons (Fsp3) is 0.200. The number of nitrogens with zero attached hydrogens (tertiary/aromatic N) is 1. The van der Waals surface area contributed by atoms with Crippen LogP contribution in [0.3, 0.4) is 0 Å². The molecule has 0 unspecified atom stereocenters. The minimum Gasteiger partial charge on any atom is -0.494 e. The van der Waals surface area contributed by atoms with Gasteiger partial charge < -0.3 is 9.84 Å². The molecular weight excluding hydrogens is 354 g/mol. The average Bonchev–Trinajstić information content (AvgIpc) is 2.86. The van der Waals surface area contributed by atoms with Crippen molar-refractivity contribution in [2.24, 2.45) is 0 Å². The van der Waals surface area contributed by atoms with Gasteiger partial charge in [-0.25, -0.2) is 0 Å². The first-order valence-electron chi connectivity index (χ1n) is 8.21. The van der Waals surface area contributed by atoms with Crippen LogP contribution in [-0.4, -0.2) is 28.2 Å². The maximum atomic E-state index is 13.1. The molecule has 3 aromatic rings. The van der Waals surface area contributed by atoms with Crippen LogP contribution in [0.25, 0.3) is 10.9 Å². The van der Waals surface area contributed by atoms with Crippen LogP contribution >= 0.6 is 11.6 Å². The Hall–Kier alpha value is -2.79. The first kappa shape index (κ1) is 18.0. The lowest BCUT2D eigenvalue weighted by atomic mass is 10.1. The van der Waals surface area contributed by atoms with Crippen molar-refractivity contribution in [3.05, 3.63) is 64.3 Å². The second kappa shape index (κ2) is 7.22. The van der Waals surface area contributed by atoms with Gasteiger partial charge in [-0.15, -0.1) is 0 Å². The maximum absolute atomic E-state index is 13.1. The number of fused-ring (bicyclic) bond motifs is 1. The Morgan fingerprint density at radius 1 is 1.19 bits per heavy atom. The Labute approximate surface area is 155 Å². The van der Waals surface area contributed by atoms with Crippen molar-refractivity contribution in [1.29, 1.82) is 0 Å². The molecular formula is C20H18ClNO4. The maximum Gasteiger partial charge on any atom is 0.307 e. The number of halogens is 1. The molecule has 1 heterocycles. The van der Waals surface area contributed by atoms with E-state index in [9.17, 15) is 14.7 Å². The third-order valence-corrected chi connectivity index (χ3v) is 4.45. The molecule has 26 heavy (non-hydrogen) atoms. The Kier molecular flexibility index (Phi) is 5.00. The fourth-order valence-electron chi connectivity index (χ4n) is 3.11. The number of rotatable bonds is 5. The van der Waals surface area contributed by atoms with E-state index >= 15 is 0 Å². The minimum absolute atomic E-state index is 0.173. The highest BCUT2D eigenvalue weighted by atomic mass is 35.5. The summed E-state index contributed by atoms with van der Waals surface area (Å²) in [4.78, 5) is 24.4. The molecule has 0 aliphatic carbocycles. The quantitative estimate of drug-likeness (QED) is 0.725. The SMILES string of the molecule is CCOc1ccc2c(c1)c(CC(=O)O)c(C)n2C(=O)c1cccc(Cl)c1. The van der Waals surface area contributed by atoms with E-state index in [-0.39, 0.29) is 12.3 Å². The number of hydrogen-bond donors (Lipinski definition) is 1. The van der Waals surface area contributed by atoms with Crippen molar-refractivity contribution in [1.82, 2.24) is 4.57 Å². The van der Waals surface area contributed by atoms with E-state index in [1.165, 1.54) is 4.57 Å². The van der Waals surface area contributed by atoms with Crippen LogP contribution in [0.15, 0.2) is 42.5 Å². The van der Waals surface area contributed by atoms with Gasteiger partial charge in [-0.1, -0.05) is 17.7 Å². The van der Waals surface area contributed by atoms with Gasteiger partial charge >= 0.3 is 5.97 Å². The van der Waals surface area contributed by atoms with Crippen molar-refractivity contribution in [2.45, 2.75) is 20.3 Å². The van der Waals surface area contributed by atoms with Gasteiger partial charge in [0.2, 0.25) is 0 Å². The zero-order valence-corrected chi connectivity index (χ0v) is 15.2. The highest BCUT2D eigenvalue weighted by Crippen LogP contribution is 2.31. The summed E-state index contributed by atoms with van der Waals surface area (Å²) in [5.74, 6) is -0.570. The van der Waals surface area contributed by atoms with Crippen molar-refractivity contribution in [2.75, 3.05) is 6.61 Å². The number of ether oxygens (including phenoxy) is 1. The number of benzene rings is 2. The predicted molar refractivity (Wildman–Crippen MR) is 100 cm³/mol. The van der Waals surface area contributed by atoms with E-state index in [1.807, 2.05) is 6.92 Å². The molecule has 0 fully saturated rings. The topological polar surface area (TPSA) is 68.5 Å². The molecule has 0 radical (unpaired) electrons. The molecule has 5 nitrogen and oxygen atoms in total. The molecule has 0 atom stereocenters. The summed E-state index contributed by atoms with van der Waals surface area (Å²) in [6, 6.07) is 12.0. The molecule has 0 aliphatic heterocycles. The lowest BCUT2D eigenvalue weighted by Gasteiger charge is -2.08. The first-order valence-corrected chi connectivity index (χ1v) is 8.59. The summed E-state index contributed by atoms with van der Waals surface area (Å²) < 4.78 is 7.06. The van der Waals surface area contributed by atoms with Crippen LogP contribution in [-0.2, 0) is 11.2 Å². The van der Waals surface area contributed by atoms with Crippen molar-refractivity contribution >= 4 is 34.4 Å². The number of carbonyl (C=O) groups excluding carboxylic acids is 1. The van der Waals surface area contributed by atoms with Crippen molar-refractivity contribution in [3.63, 3.8) is 0 Å². The third kappa shape index (κ3) is 3.30. The van der Waals surface area contributed by atoms with Crippen LogP contribution in [0.5, 0.6) is 5.75 Å². The standard InChI is InChI=1S/C20H18ClNO4/c1-3-26-15-7-8-18-17(10-15)16(11-19(23)24)12(2)22(18)20(25)13-5-4-6-14(21)9-13/h4-10H,3,11H2,1-2H3,(H,23,24). The molecule has 2 aromatic carbocycles. The van der Waals surface area contributed by atoms with Gasteiger partial charge in [-0.3, -0.25) is 14.2 Å². The van der Waals surface area contributed by atoms with Gasteiger partial charge in [0.25, 0.3) is 5.91 Å². The van der Waals surface area contributed by atoms with E-state index in [4.69, 9.17) is 16.3 Å². The predicted octanol–water partition coefficient (Wildman–Crippen LogP) is 4.32. The molecule has 1 N–H and O–H groups in total. The van der Waals surface area contributed by atoms with Gasteiger partial charge in [-0.05, 0) is 55.8 Å². The van der Waals surface area contributed by atoms with E-state index in [0.29, 0.717) is 45.1 Å². The molecule has 0 bridgehead atoms. The number of hydrogen-bond acceptors (Lipinski definition) is 3. The molecule has 1 aromatic heterocycles. The zero-order chi connectivity index (χ0) is 18.8. The Morgan fingerprint density at radius 3 is 2.62 bits per heavy atom. The third-order valence-electron chi connectivity index (χ3n) is 4.22. The summed E-state index contributed by atoms with van der Waals surface area (Å²) in [6.07, 6.45) is -0.173. The number of carboxylic acid groups (broad SMARTS) is 1. The van der Waals surface area contributed by atoms with Crippen molar-refractivity contribution < 1.29 is 19.4 Å². The first-order chi connectivity index (χ1) is 12.4. The number of carbonyl (C=O) groups is 2. The summed E-state index contributed by atoms with van der Waals surface area (Å²) in [7, 11) is 0. The van der Waals surface area contributed by atoms with E-state index in [2.05, 4.69) is 0 Å². The molecule has 0 aliphatic rings. The van der Waals surface area contributed by atoms with E-state index < -0.39 is 5.97 Å². The van der Waals surface area contributed by atoms with Gasteiger partial charge in [0.1, 0.15) is 5.75 Å². The highest BCUT2D eigenvalue weighted by Gasteiger charge is 2.22. The highest BCUT2D eigenvalue weighted by molar-refractivity contribution is 6.31. The second-order valence-corrected chi connectivity index (χ2v) is 6.33. The summed E-state index contributed by atoms with van der Waals surface area (Å²) in [5.41, 5.74) is 2.28. The van der Waals surface area contributed by atoms with E-state index in [0.717, 1.165) is 0 Å². The lowest BCUT2D eigenvalue weighted by Crippen LogP contribution is -2.14. The van der Waals surface area contributed by atoms with Crippen molar-refractivity contribution in [3.8, 4) is 5.75 Å². The van der Waals surface area contributed by atoms with Crippen LogP contribution in [0.1, 0.15) is 28.5 Å². The molecule has 0 saturated carbocycles. The molecule has 134 valence electrons. The number of aliphatic carboxylic acids is 1. The number of carboxylic acids is 1. The zero-order valence-electron chi connectivity index (χ0n) is 14.5. The molecule has 3 rings (SSSR count). The van der Waals surface area contributed by atoms with Crippen LogP contribution < -0.4 is 4.74 Å². The summed E-state index contributed by atoms with van der Waals surface area (Å²) in [6.45, 7) is 4.13. The molecule has 0 spiro atoms. The average molecular weight is 372 g/mol.